The molecule has 0 amide bonds. The van der Waals surface area contributed by atoms with Gasteiger partial charge < -0.3 is 0 Å². The molecule has 0 aliphatic carbocycles. The Kier molecular flexibility index (Phi) is 2.02. The second-order valence-corrected chi connectivity index (χ2v) is 1.81. The van der Waals surface area contributed by atoms with E-state index in [-0.39, 0.29) is 0 Å². The van der Waals surface area contributed by atoms with E-state index in [4.69, 9.17) is 0 Å². The van der Waals surface area contributed by atoms with Crippen LogP contribution in [0.5, 0.6) is 0 Å². The van der Waals surface area contributed by atoms with E-state index in [1.54, 1.807) is 6.20 Å². The van der Waals surface area contributed by atoms with E-state index in [1.807, 2.05) is 24.3 Å². The van der Waals surface area contributed by atoms with Gasteiger partial charge in [-0.2, -0.15) is 0 Å². The Labute approximate surface area is 55.1 Å². The number of hydrogen-bond acceptors (Lipinski definition) is 1. The first-order valence-electron chi connectivity index (χ1n) is 2.94. The van der Waals surface area contributed by atoms with Gasteiger partial charge in [-0.3, -0.25) is 4.98 Å². The molecule has 46 valence electrons. The van der Waals surface area contributed by atoms with E-state index >= 15 is 0 Å². The van der Waals surface area contributed by atoms with Gasteiger partial charge in [0.25, 0.3) is 0 Å². The lowest BCUT2D eigenvalue weighted by atomic mass is 10.5. The van der Waals surface area contributed by atoms with Gasteiger partial charge in [0.1, 0.15) is 0 Å². The van der Waals surface area contributed by atoms with Crippen molar-refractivity contribution in [3.05, 3.63) is 42.7 Å². The van der Waals surface area contributed by atoms with Crippen molar-refractivity contribution in [3.63, 3.8) is 0 Å². The van der Waals surface area contributed by atoms with Crippen LogP contribution in [0.2, 0.25) is 0 Å². The zero-order valence-corrected chi connectivity index (χ0v) is 5.25. The van der Waals surface area contributed by atoms with Crippen LogP contribution in [-0.2, 0) is 6.42 Å². The van der Waals surface area contributed by atoms with Crippen LogP contribution in [0, 0.1) is 0 Å². The summed E-state index contributed by atoms with van der Waals surface area (Å²) in [5, 5.41) is 0. The molecule has 0 spiro atoms. The van der Waals surface area contributed by atoms with Crippen LogP contribution in [0.25, 0.3) is 0 Å². The zero-order valence-electron chi connectivity index (χ0n) is 5.25. The summed E-state index contributed by atoms with van der Waals surface area (Å²) in [4.78, 5) is 4.10. The number of hydrogen-bond donors (Lipinski definition) is 0. The number of aromatic nitrogens is 1. The Morgan fingerprint density at radius 2 is 2.44 bits per heavy atom. The van der Waals surface area contributed by atoms with Crippen LogP contribution in [0.1, 0.15) is 5.69 Å². The zero-order chi connectivity index (χ0) is 6.53. The van der Waals surface area contributed by atoms with E-state index in [9.17, 15) is 0 Å². The number of allylic oxidation sites excluding steroid dienone is 1. The Hall–Kier alpha value is -1.11. The Morgan fingerprint density at radius 1 is 1.56 bits per heavy atom. The Balaban J connectivity index is 2.72. The molecule has 1 aromatic heterocycles. The van der Waals surface area contributed by atoms with Gasteiger partial charge >= 0.3 is 0 Å². The third-order valence-corrected chi connectivity index (χ3v) is 1.08. The average Bonchev–Trinajstić information content (AvgIpc) is 1.91. The summed E-state index contributed by atoms with van der Waals surface area (Å²) in [5.74, 6) is 0. The first-order valence-corrected chi connectivity index (χ1v) is 2.94. The smallest absolute Gasteiger partial charge is 0.0441 e. The maximum absolute atomic E-state index is 4.10. The third-order valence-electron chi connectivity index (χ3n) is 1.08. The first kappa shape index (κ1) is 6.02. The third kappa shape index (κ3) is 1.68. The molecule has 0 aliphatic rings. The highest BCUT2D eigenvalue weighted by Crippen LogP contribution is 1.93. The van der Waals surface area contributed by atoms with Crippen molar-refractivity contribution in [1.82, 2.24) is 4.98 Å². The summed E-state index contributed by atoms with van der Waals surface area (Å²) >= 11 is 0. The van der Waals surface area contributed by atoms with Gasteiger partial charge in [0, 0.05) is 18.3 Å². The predicted molar refractivity (Wildman–Crippen MR) is 38.1 cm³/mol. The van der Waals surface area contributed by atoms with E-state index < -0.39 is 0 Å². The molecule has 9 heavy (non-hydrogen) atoms. The largest absolute Gasteiger partial charge is 0.261 e. The Bertz CT molecular complexity index is 179. The summed E-state index contributed by atoms with van der Waals surface area (Å²) in [6, 6.07) is 5.88. The van der Waals surface area contributed by atoms with Crippen molar-refractivity contribution in [2.75, 3.05) is 0 Å². The van der Waals surface area contributed by atoms with E-state index in [1.165, 1.54) is 0 Å². The van der Waals surface area contributed by atoms with Gasteiger partial charge in [0.15, 0.2) is 0 Å². The highest BCUT2D eigenvalue weighted by atomic mass is 14.8. The maximum Gasteiger partial charge on any atom is 0.0441 e. The lowest BCUT2D eigenvalue weighted by molar-refractivity contribution is 1.11. The standard InChI is InChI=1S/C8H9N/c1-2-5-8-6-3-4-7-9-8/h2-4,6-7H,1,5H2/i8+1. The molecule has 0 saturated heterocycles. The molecular formula is C8H9N. The van der Waals surface area contributed by atoms with Gasteiger partial charge in [-0.05, 0) is 12.1 Å². The van der Waals surface area contributed by atoms with Crippen LogP contribution >= 0.6 is 0 Å². The van der Waals surface area contributed by atoms with Gasteiger partial charge in [-0.25, -0.2) is 0 Å². The summed E-state index contributed by atoms with van der Waals surface area (Å²) in [5.41, 5.74) is 1.08. The highest BCUT2D eigenvalue weighted by Gasteiger charge is 1.83. The van der Waals surface area contributed by atoms with Gasteiger partial charge in [-0.15, -0.1) is 6.58 Å². The summed E-state index contributed by atoms with van der Waals surface area (Å²) in [7, 11) is 0. The van der Waals surface area contributed by atoms with Crippen LogP contribution in [0.3, 0.4) is 0 Å². The fraction of sp³-hybridized carbons (Fsp3) is 0.125. The lowest BCUT2D eigenvalue weighted by Crippen LogP contribution is -1.82. The molecule has 0 aromatic carbocycles. The quantitative estimate of drug-likeness (QED) is 0.542. The van der Waals surface area contributed by atoms with Crippen LogP contribution in [0.15, 0.2) is 37.1 Å². The second kappa shape index (κ2) is 3.02. The fourth-order valence-electron chi connectivity index (χ4n) is 0.667. The van der Waals surface area contributed by atoms with Crippen LogP contribution in [0.4, 0.5) is 0 Å². The van der Waals surface area contributed by atoms with Gasteiger partial charge in [0.2, 0.25) is 0 Å². The maximum atomic E-state index is 4.10. The number of rotatable bonds is 2. The molecule has 0 N–H and O–H groups in total. The molecule has 1 rings (SSSR count). The molecule has 0 atom stereocenters. The normalized spacial score (nSPS) is 8.89. The molecule has 0 aliphatic heterocycles. The molecular weight excluding hydrogens is 111 g/mol. The Morgan fingerprint density at radius 3 is 3.00 bits per heavy atom. The van der Waals surface area contributed by atoms with E-state index in [0.29, 0.717) is 0 Å². The lowest BCUT2D eigenvalue weighted by Gasteiger charge is -1.90. The molecule has 1 heterocycles. The predicted octanol–water partition coefficient (Wildman–Crippen LogP) is 1.81. The molecule has 0 unspecified atom stereocenters. The average molecular weight is 120 g/mol. The molecule has 0 saturated carbocycles. The molecule has 1 aromatic rings. The second-order valence-electron chi connectivity index (χ2n) is 1.81. The van der Waals surface area contributed by atoms with Crippen molar-refractivity contribution < 1.29 is 0 Å². The minimum absolute atomic E-state index is 0.862. The topological polar surface area (TPSA) is 12.9 Å². The van der Waals surface area contributed by atoms with Crippen molar-refractivity contribution >= 4 is 0 Å². The number of pyridine rings is 1. The van der Waals surface area contributed by atoms with Crippen molar-refractivity contribution in [1.29, 1.82) is 0 Å². The molecule has 1 heteroatoms. The SMILES string of the molecule is C=CC[13c]1ccccn1. The molecule has 0 bridgehead atoms. The van der Waals surface area contributed by atoms with Crippen molar-refractivity contribution in [2.24, 2.45) is 0 Å². The van der Waals surface area contributed by atoms with Gasteiger partial charge in [-0.1, -0.05) is 12.1 Å². The van der Waals surface area contributed by atoms with Crippen molar-refractivity contribution in [2.45, 2.75) is 6.42 Å². The fourth-order valence-corrected chi connectivity index (χ4v) is 0.667. The molecule has 0 radical (unpaired) electrons. The molecule has 1 nitrogen and oxygen atoms in total. The van der Waals surface area contributed by atoms with Crippen LogP contribution < -0.4 is 0 Å². The van der Waals surface area contributed by atoms with E-state index in [0.717, 1.165) is 12.1 Å². The molecule has 0 fully saturated rings. The first-order chi connectivity index (χ1) is 4.43. The minimum atomic E-state index is 0.862. The number of nitrogens with zero attached hydrogens (tertiary/aromatic N) is 1. The van der Waals surface area contributed by atoms with Crippen LogP contribution in [-0.4, -0.2) is 4.98 Å². The summed E-state index contributed by atoms with van der Waals surface area (Å²) < 4.78 is 0. The minimum Gasteiger partial charge on any atom is -0.261 e. The van der Waals surface area contributed by atoms with E-state index in [2.05, 4.69) is 11.6 Å². The van der Waals surface area contributed by atoms with Crippen molar-refractivity contribution in [3.8, 4) is 0 Å². The summed E-state index contributed by atoms with van der Waals surface area (Å²) in [6.07, 6.45) is 4.50. The highest BCUT2D eigenvalue weighted by molar-refractivity contribution is 5.06. The summed E-state index contributed by atoms with van der Waals surface area (Å²) in [6.45, 7) is 3.62. The monoisotopic (exact) mass is 120 g/mol. The van der Waals surface area contributed by atoms with Gasteiger partial charge in [0.05, 0.1) is 0 Å².